The van der Waals surface area contributed by atoms with Gasteiger partial charge in [-0.05, 0) is 131 Å². The third-order valence-corrected chi connectivity index (χ3v) is 13.1. The summed E-state index contributed by atoms with van der Waals surface area (Å²) in [5, 5.41) is 0. The monoisotopic (exact) mass is 787 g/mol. The Labute approximate surface area is 363 Å². The van der Waals surface area contributed by atoms with Crippen LogP contribution in [0.25, 0.3) is 66.8 Å². The van der Waals surface area contributed by atoms with Crippen molar-refractivity contribution in [1.82, 2.24) is 0 Å². The third kappa shape index (κ3) is 5.70. The van der Waals surface area contributed by atoms with E-state index in [1.807, 2.05) is 0 Å². The molecule has 0 radical (unpaired) electrons. The molecule has 0 bridgehead atoms. The van der Waals surface area contributed by atoms with Gasteiger partial charge in [-0.15, -0.1) is 0 Å². The van der Waals surface area contributed by atoms with Gasteiger partial charge in [0, 0.05) is 5.69 Å². The van der Waals surface area contributed by atoms with Gasteiger partial charge in [-0.3, -0.25) is 0 Å². The molecule has 12 rings (SSSR count). The Bertz CT molecular complexity index is 3110. The van der Waals surface area contributed by atoms with E-state index in [1.54, 1.807) is 0 Å². The summed E-state index contributed by atoms with van der Waals surface area (Å²) in [5.41, 5.74) is 22.8. The Hall–Kier alpha value is -8.00. The van der Waals surface area contributed by atoms with Gasteiger partial charge in [0.25, 0.3) is 0 Å². The molecule has 0 saturated carbocycles. The van der Waals surface area contributed by atoms with Crippen LogP contribution in [0.1, 0.15) is 22.3 Å². The van der Waals surface area contributed by atoms with Gasteiger partial charge in [0.1, 0.15) is 0 Å². The highest BCUT2D eigenvalue weighted by Crippen LogP contribution is 2.63. The van der Waals surface area contributed by atoms with Crippen molar-refractivity contribution >= 4 is 17.1 Å². The second-order valence-electron chi connectivity index (χ2n) is 16.4. The molecule has 0 aromatic heterocycles. The minimum atomic E-state index is -0.489. The lowest BCUT2D eigenvalue weighted by molar-refractivity contribution is 0.753. The first-order valence-electron chi connectivity index (χ1n) is 21.5. The Morgan fingerprint density at radius 1 is 0.226 bits per heavy atom. The fourth-order valence-electron chi connectivity index (χ4n) is 10.2. The summed E-state index contributed by atoms with van der Waals surface area (Å²) in [5.74, 6) is 0. The third-order valence-electron chi connectivity index (χ3n) is 13.1. The second kappa shape index (κ2) is 14.6. The molecule has 290 valence electrons. The number of hydrogen-bond acceptors (Lipinski definition) is 1. The van der Waals surface area contributed by atoms with Crippen LogP contribution in [0.3, 0.4) is 0 Å². The summed E-state index contributed by atoms with van der Waals surface area (Å²) in [4.78, 5) is 2.48. The molecule has 62 heavy (non-hydrogen) atoms. The average molecular weight is 788 g/mol. The van der Waals surface area contributed by atoms with Crippen LogP contribution in [0.2, 0.25) is 0 Å². The fraction of sp³-hybridized carbons (Fsp3) is 0.0164. The van der Waals surface area contributed by atoms with E-state index in [4.69, 9.17) is 0 Å². The van der Waals surface area contributed by atoms with Gasteiger partial charge in [0.05, 0.1) is 16.8 Å². The molecule has 0 atom stereocenters. The number of rotatable bonds is 6. The second-order valence-corrected chi connectivity index (χ2v) is 16.4. The molecule has 1 spiro atoms. The van der Waals surface area contributed by atoms with Gasteiger partial charge in [-0.25, -0.2) is 0 Å². The lowest BCUT2D eigenvalue weighted by Crippen LogP contribution is -2.36. The average Bonchev–Trinajstić information content (AvgIpc) is 3.65. The first kappa shape index (κ1) is 35.9. The summed E-state index contributed by atoms with van der Waals surface area (Å²) in [6.45, 7) is 0. The lowest BCUT2D eigenvalue weighted by atomic mass is 9.64. The Balaban J connectivity index is 1.07. The number of hydrogen-bond donors (Lipinski definition) is 0. The van der Waals surface area contributed by atoms with E-state index >= 15 is 0 Å². The molecular formula is C61H41N. The zero-order chi connectivity index (χ0) is 41.0. The zero-order valence-electron chi connectivity index (χ0n) is 34.1. The summed E-state index contributed by atoms with van der Waals surface area (Å²) in [7, 11) is 0. The smallest absolute Gasteiger partial charge is 0.0754 e. The molecule has 0 amide bonds. The predicted octanol–water partition coefficient (Wildman–Crippen LogP) is 16.2. The number of benzene rings is 10. The SMILES string of the molecule is c1ccc(-c2ccc(-c3cc(-c4ccc(-c5ccccc5)cc4)cc(-c4ccc5c(c4)N(c4ccccc4)c4ccccc4C54c5ccccc5-c5ccccc54)c3)cc2)cc1. The summed E-state index contributed by atoms with van der Waals surface area (Å²) >= 11 is 0. The van der Waals surface area contributed by atoms with E-state index in [1.165, 1.54) is 100 Å². The van der Waals surface area contributed by atoms with Crippen molar-refractivity contribution in [3.63, 3.8) is 0 Å². The van der Waals surface area contributed by atoms with Gasteiger partial charge in [-0.1, -0.05) is 206 Å². The van der Waals surface area contributed by atoms with Crippen molar-refractivity contribution in [1.29, 1.82) is 0 Å². The summed E-state index contributed by atoms with van der Waals surface area (Å²) < 4.78 is 0. The summed E-state index contributed by atoms with van der Waals surface area (Å²) in [6, 6.07) is 91.6. The molecule has 10 aromatic carbocycles. The van der Waals surface area contributed by atoms with E-state index in [0.717, 1.165) is 5.69 Å². The van der Waals surface area contributed by atoms with Gasteiger partial charge < -0.3 is 4.90 Å². The molecule has 0 fully saturated rings. The van der Waals surface area contributed by atoms with Crippen LogP contribution in [-0.2, 0) is 5.41 Å². The van der Waals surface area contributed by atoms with Crippen LogP contribution < -0.4 is 4.90 Å². The van der Waals surface area contributed by atoms with Crippen LogP contribution >= 0.6 is 0 Å². The highest BCUT2D eigenvalue weighted by atomic mass is 15.2. The molecule has 2 aliphatic rings. The van der Waals surface area contributed by atoms with Crippen molar-refractivity contribution in [2.24, 2.45) is 0 Å². The number of nitrogens with zero attached hydrogens (tertiary/aromatic N) is 1. The molecule has 1 aliphatic heterocycles. The molecule has 0 saturated heterocycles. The normalized spacial score (nSPS) is 12.9. The van der Waals surface area contributed by atoms with Crippen molar-refractivity contribution in [3.05, 3.63) is 271 Å². The molecule has 1 heterocycles. The highest BCUT2D eigenvalue weighted by Gasteiger charge is 2.51. The molecule has 0 N–H and O–H groups in total. The minimum Gasteiger partial charge on any atom is -0.310 e. The largest absolute Gasteiger partial charge is 0.310 e. The van der Waals surface area contributed by atoms with Crippen LogP contribution in [-0.4, -0.2) is 0 Å². The zero-order valence-corrected chi connectivity index (χ0v) is 34.1. The molecule has 1 aliphatic carbocycles. The van der Waals surface area contributed by atoms with E-state index in [0.29, 0.717) is 0 Å². The number of para-hydroxylation sites is 2. The Kier molecular flexibility index (Phi) is 8.47. The minimum absolute atomic E-state index is 0.489. The van der Waals surface area contributed by atoms with Crippen LogP contribution in [0.5, 0.6) is 0 Å². The summed E-state index contributed by atoms with van der Waals surface area (Å²) in [6.07, 6.45) is 0. The molecular weight excluding hydrogens is 747 g/mol. The van der Waals surface area contributed by atoms with Gasteiger partial charge in [0.15, 0.2) is 0 Å². The van der Waals surface area contributed by atoms with E-state index in [9.17, 15) is 0 Å². The first-order chi connectivity index (χ1) is 30.7. The van der Waals surface area contributed by atoms with Crippen molar-refractivity contribution in [3.8, 4) is 66.8 Å². The Morgan fingerprint density at radius 2 is 0.581 bits per heavy atom. The van der Waals surface area contributed by atoms with Crippen LogP contribution in [0.4, 0.5) is 17.1 Å². The first-order valence-corrected chi connectivity index (χ1v) is 21.5. The predicted molar refractivity (Wildman–Crippen MR) is 259 cm³/mol. The van der Waals surface area contributed by atoms with Gasteiger partial charge >= 0.3 is 0 Å². The maximum atomic E-state index is 2.48. The Morgan fingerprint density at radius 3 is 1.10 bits per heavy atom. The van der Waals surface area contributed by atoms with E-state index in [2.05, 4.69) is 254 Å². The van der Waals surface area contributed by atoms with Gasteiger partial charge in [0.2, 0.25) is 0 Å². The number of anilines is 3. The standard InChI is InChI=1S/C61H41N/c1-4-16-42(17-5-1)44-28-32-46(33-29-44)49-38-50(47-34-30-45(31-35-47)43-18-6-2-7-19-43)40-51(39-49)48-36-37-58-60(41-48)62(52-20-8-3-9-21-52)59-27-15-14-26-57(59)61(58)55-24-12-10-22-53(55)54-23-11-13-25-56(54)61/h1-41H. The van der Waals surface area contributed by atoms with E-state index in [-0.39, 0.29) is 0 Å². The van der Waals surface area contributed by atoms with Crippen molar-refractivity contribution < 1.29 is 0 Å². The molecule has 1 nitrogen and oxygen atoms in total. The molecule has 0 unspecified atom stereocenters. The number of fused-ring (bicyclic) bond motifs is 9. The maximum absolute atomic E-state index is 2.48. The maximum Gasteiger partial charge on any atom is 0.0754 e. The van der Waals surface area contributed by atoms with Crippen molar-refractivity contribution in [2.75, 3.05) is 4.90 Å². The lowest BCUT2D eigenvalue weighted by Gasteiger charge is -2.45. The van der Waals surface area contributed by atoms with Crippen LogP contribution in [0.15, 0.2) is 249 Å². The molecule has 1 heteroatoms. The molecule has 10 aromatic rings. The van der Waals surface area contributed by atoms with Crippen molar-refractivity contribution in [2.45, 2.75) is 5.41 Å². The fourth-order valence-corrected chi connectivity index (χ4v) is 10.2. The highest BCUT2D eigenvalue weighted by molar-refractivity contribution is 5.97. The van der Waals surface area contributed by atoms with Gasteiger partial charge in [-0.2, -0.15) is 0 Å². The van der Waals surface area contributed by atoms with E-state index < -0.39 is 5.41 Å². The topological polar surface area (TPSA) is 3.24 Å². The quantitative estimate of drug-likeness (QED) is 0.162. The van der Waals surface area contributed by atoms with Crippen LogP contribution in [0, 0.1) is 0 Å².